The maximum atomic E-state index is 13.3. The minimum Gasteiger partial charge on any atom is -0.394 e. The van der Waals surface area contributed by atoms with E-state index < -0.39 is 30.7 Å². The fourth-order valence-corrected chi connectivity index (χ4v) is 4.39. The van der Waals surface area contributed by atoms with E-state index in [1.165, 1.54) is 9.80 Å². The van der Waals surface area contributed by atoms with Gasteiger partial charge in [0.2, 0.25) is 24.1 Å². The first kappa shape index (κ1) is 29.0. The Morgan fingerprint density at radius 1 is 1.22 bits per heavy atom. The lowest BCUT2D eigenvalue weighted by Gasteiger charge is -2.31. The second-order valence-corrected chi connectivity index (χ2v) is 9.40. The largest absolute Gasteiger partial charge is 0.394 e. The standard InChI is InChI=1S/C26H38N4O6/c1-17(2)22(29(4)23(33)14-27-16-32)13-18(3)26(36)30-12-8-11-21(30)25(35)28-20(15-31)24(34)19-9-6-5-7-10-19/h5-7,9-10,13,16-17,20-22,24,31,34H,8,11-12,14-15H2,1-4H3,(H,27,32)(H,28,35)/b18-13+/t20?,21-,22+,24?/m0/s1. The molecule has 4 N–H and O–H groups in total. The zero-order valence-corrected chi connectivity index (χ0v) is 21.4. The van der Waals surface area contributed by atoms with Crippen LogP contribution in [0, 0.1) is 5.92 Å². The highest BCUT2D eigenvalue weighted by Gasteiger charge is 2.36. The van der Waals surface area contributed by atoms with E-state index in [9.17, 15) is 29.4 Å². The summed E-state index contributed by atoms with van der Waals surface area (Å²) < 4.78 is 0. The second-order valence-electron chi connectivity index (χ2n) is 9.40. The number of likely N-dealkylation sites (tertiary alicyclic amines) is 1. The van der Waals surface area contributed by atoms with Crippen LogP contribution in [-0.2, 0) is 19.2 Å². The van der Waals surface area contributed by atoms with Crippen molar-refractivity contribution in [2.45, 2.75) is 57.8 Å². The Morgan fingerprint density at radius 3 is 2.47 bits per heavy atom. The van der Waals surface area contributed by atoms with Gasteiger partial charge >= 0.3 is 0 Å². The van der Waals surface area contributed by atoms with Gasteiger partial charge in [0.15, 0.2) is 0 Å². The van der Waals surface area contributed by atoms with Crippen LogP contribution < -0.4 is 10.6 Å². The molecule has 4 atom stereocenters. The SMILES string of the molecule is C/C(=C\[C@H](C(C)C)N(C)C(=O)CNC=O)C(=O)N1CCC[C@H]1C(=O)NC(CO)C(O)c1ccccc1. The maximum Gasteiger partial charge on any atom is 0.249 e. The van der Waals surface area contributed by atoms with Gasteiger partial charge in [0.1, 0.15) is 12.1 Å². The first-order valence-corrected chi connectivity index (χ1v) is 12.2. The summed E-state index contributed by atoms with van der Waals surface area (Å²) in [5.41, 5.74) is 0.969. The molecule has 10 heteroatoms. The van der Waals surface area contributed by atoms with Crippen molar-refractivity contribution in [3.05, 3.63) is 47.5 Å². The average Bonchev–Trinajstić information content (AvgIpc) is 3.37. The first-order valence-electron chi connectivity index (χ1n) is 12.2. The summed E-state index contributed by atoms with van der Waals surface area (Å²) in [6, 6.07) is 6.71. The summed E-state index contributed by atoms with van der Waals surface area (Å²) in [5.74, 6) is -1.03. The number of amides is 4. The molecule has 10 nitrogen and oxygen atoms in total. The monoisotopic (exact) mass is 502 g/mol. The molecule has 1 aromatic rings. The highest BCUT2D eigenvalue weighted by molar-refractivity contribution is 5.97. The smallest absolute Gasteiger partial charge is 0.249 e. The molecular formula is C26H38N4O6. The summed E-state index contributed by atoms with van der Waals surface area (Å²) in [6.07, 6.45) is 2.19. The fourth-order valence-electron chi connectivity index (χ4n) is 4.39. The van der Waals surface area contributed by atoms with E-state index >= 15 is 0 Å². The Morgan fingerprint density at radius 2 is 1.89 bits per heavy atom. The average molecular weight is 503 g/mol. The van der Waals surface area contributed by atoms with Crippen LogP contribution in [0.4, 0.5) is 0 Å². The third-order valence-corrected chi connectivity index (χ3v) is 6.48. The fraction of sp³-hybridized carbons (Fsp3) is 0.538. The summed E-state index contributed by atoms with van der Waals surface area (Å²) in [5, 5.41) is 25.5. The molecule has 198 valence electrons. The topological polar surface area (TPSA) is 139 Å². The molecule has 1 saturated heterocycles. The van der Waals surface area contributed by atoms with Crippen LogP contribution in [0.2, 0.25) is 0 Å². The van der Waals surface area contributed by atoms with Crippen molar-refractivity contribution in [3.8, 4) is 0 Å². The molecule has 0 spiro atoms. The Hall–Kier alpha value is -3.24. The summed E-state index contributed by atoms with van der Waals surface area (Å²) >= 11 is 0. The molecular weight excluding hydrogens is 464 g/mol. The number of hydrogen-bond acceptors (Lipinski definition) is 6. The van der Waals surface area contributed by atoms with Gasteiger partial charge in [-0.3, -0.25) is 19.2 Å². The van der Waals surface area contributed by atoms with Crippen molar-refractivity contribution in [3.63, 3.8) is 0 Å². The van der Waals surface area contributed by atoms with Crippen LogP contribution in [0.5, 0.6) is 0 Å². The number of carbonyl (C=O) groups is 4. The van der Waals surface area contributed by atoms with Crippen molar-refractivity contribution in [2.24, 2.45) is 5.92 Å². The van der Waals surface area contributed by atoms with Gasteiger partial charge in [-0.1, -0.05) is 50.3 Å². The molecule has 1 fully saturated rings. The summed E-state index contributed by atoms with van der Waals surface area (Å²) in [7, 11) is 1.62. The summed E-state index contributed by atoms with van der Waals surface area (Å²) in [6.45, 7) is 5.31. The highest BCUT2D eigenvalue weighted by atomic mass is 16.3. The molecule has 1 aliphatic rings. The third kappa shape index (κ3) is 7.38. The van der Waals surface area contributed by atoms with E-state index in [2.05, 4.69) is 10.6 Å². The van der Waals surface area contributed by atoms with Crippen LogP contribution in [-0.4, -0.2) is 89.0 Å². The van der Waals surface area contributed by atoms with Gasteiger partial charge in [0.25, 0.3) is 0 Å². The molecule has 1 aliphatic heterocycles. The first-order chi connectivity index (χ1) is 17.1. The molecule has 36 heavy (non-hydrogen) atoms. The highest BCUT2D eigenvalue weighted by Crippen LogP contribution is 2.23. The molecule has 0 radical (unpaired) electrons. The Kier molecular flexibility index (Phi) is 11.1. The van der Waals surface area contributed by atoms with E-state index in [4.69, 9.17) is 0 Å². The minimum absolute atomic E-state index is 0.000362. The molecule has 2 unspecified atom stereocenters. The van der Waals surface area contributed by atoms with Crippen LogP contribution >= 0.6 is 0 Å². The van der Waals surface area contributed by atoms with E-state index in [-0.39, 0.29) is 30.3 Å². The Labute approximate surface area is 212 Å². The van der Waals surface area contributed by atoms with E-state index in [1.807, 2.05) is 13.8 Å². The number of benzene rings is 1. The van der Waals surface area contributed by atoms with Gasteiger partial charge in [-0.15, -0.1) is 0 Å². The molecule has 1 heterocycles. The van der Waals surface area contributed by atoms with Gasteiger partial charge in [-0.2, -0.15) is 0 Å². The quantitative estimate of drug-likeness (QED) is 0.241. The molecule has 0 bridgehead atoms. The van der Waals surface area contributed by atoms with Gasteiger partial charge in [0.05, 0.1) is 25.2 Å². The van der Waals surface area contributed by atoms with Gasteiger partial charge in [0, 0.05) is 19.2 Å². The van der Waals surface area contributed by atoms with Crippen molar-refractivity contribution >= 4 is 24.1 Å². The minimum atomic E-state index is -1.10. The number of rotatable bonds is 12. The number of aliphatic hydroxyl groups is 2. The van der Waals surface area contributed by atoms with Crippen LogP contribution in [0.3, 0.4) is 0 Å². The van der Waals surface area contributed by atoms with E-state index in [0.717, 1.165) is 0 Å². The second kappa shape index (κ2) is 13.7. The number of aliphatic hydroxyl groups excluding tert-OH is 2. The number of likely N-dealkylation sites (N-methyl/N-ethyl adjacent to an activating group) is 1. The van der Waals surface area contributed by atoms with Crippen molar-refractivity contribution in [1.82, 2.24) is 20.4 Å². The molecule has 4 amide bonds. The lowest BCUT2D eigenvalue weighted by Crippen LogP contribution is -2.51. The predicted molar refractivity (Wildman–Crippen MR) is 134 cm³/mol. The van der Waals surface area contributed by atoms with Crippen molar-refractivity contribution in [1.29, 1.82) is 0 Å². The van der Waals surface area contributed by atoms with Gasteiger partial charge < -0.3 is 30.6 Å². The van der Waals surface area contributed by atoms with Crippen LogP contribution in [0.25, 0.3) is 0 Å². The zero-order valence-electron chi connectivity index (χ0n) is 21.4. The summed E-state index contributed by atoms with van der Waals surface area (Å²) in [4.78, 5) is 52.3. The van der Waals surface area contributed by atoms with Crippen LogP contribution in [0.15, 0.2) is 42.0 Å². The van der Waals surface area contributed by atoms with Crippen molar-refractivity contribution < 1.29 is 29.4 Å². The maximum absolute atomic E-state index is 13.3. The number of carbonyl (C=O) groups excluding carboxylic acids is 4. The van der Waals surface area contributed by atoms with Gasteiger partial charge in [-0.25, -0.2) is 0 Å². The Bertz CT molecular complexity index is 936. The lowest BCUT2D eigenvalue weighted by atomic mass is 9.99. The molecule has 0 aliphatic carbocycles. The normalized spacial score (nSPS) is 18.4. The Balaban J connectivity index is 2.13. The number of hydrogen-bond donors (Lipinski definition) is 4. The lowest BCUT2D eigenvalue weighted by molar-refractivity contribution is -0.136. The molecule has 2 rings (SSSR count). The van der Waals surface area contributed by atoms with E-state index in [0.29, 0.717) is 36.9 Å². The third-order valence-electron chi connectivity index (χ3n) is 6.48. The van der Waals surface area contributed by atoms with Gasteiger partial charge in [-0.05, 0) is 31.2 Å². The zero-order chi connectivity index (χ0) is 26.8. The van der Waals surface area contributed by atoms with E-state index in [1.54, 1.807) is 50.4 Å². The van der Waals surface area contributed by atoms with Crippen LogP contribution in [0.1, 0.15) is 45.3 Å². The molecule has 1 aromatic carbocycles. The van der Waals surface area contributed by atoms with Crippen molar-refractivity contribution in [2.75, 3.05) is 26.7 Å². The number of nitrogens with zero attached hydrogens (tertiary/aromatic N) is 2. The number of nitrogens with one attached hydrogen (secondary N) is 2. The predicted octanol–water partition coefficient (Wildman–Crippen LogP) is 0.363. The molecule has 0 saturated carbocycles. The molecule has 0 aromatic heterocycles.